The lowest BCUT2D eigenvalue weighted by molar-refractivity contribution is 0.0234. The topological polar surface area (TPSA) is 12.5 Å². The highest BCUT2D eigenvalue weighted by Gasteiger charge is 2.31. The van der Waals surface area contributed by atoms with Crippen molar-refractivity contribution in [1.29, 1.82) is 0 Å². The Morgan fingerprint density at radius 3 is 2.53 bits per heavy atom. The van der Waals surface area contributed by atoms with Crippen LogP contribution in [-0.4, -0.2) is 26.3 Å². The van der Waals surface area contributed by atoms with Gasteiger partial charge in [0.05, 0.1) is 6.10 Å². The summed E-state index contributed by atoms with van der Waals surface area (Å²) < 4.78 is 5.68. The number of rotatable bonds is 3. The molecule has 0 N–H and O–H groups in total. The van der Waals surface area contributed by atoms with Crippen LogP contribution in [0.25, 0.3) is 0 Å². The van der Waals surface area contributed by atoms with Crippen molar-refractivity contribution < 1.29 is 4.74 Å². The molecule has 2 unspecified atom stereocenters. The third-order valence-corrected chi connectivity index (χ3v) is 3.89. The fourth-order valence-electron chi connectivity index (χ4n) is 2.82. The summed E-state index contributed by atoms with van der Waals surface area (Å²) in [7, 11) is 1.84. The molecule has 1 fully saturated rings. The first-order chi connectivity index (χ1) is 8.22. The number of ether oxygens (including phenoxy) is 1. The van der Waals surface area contributed by atoms with Gasteiger partial charge in [0.15, 0.2) is 0 Å². The molecule has 1 aliphatic heterocycles. The Morgan fingerprint density at radius 1 is 1.24 bits per heavy atom. The molecule has 0 amide bonds. The van der Waals surface area contributed by atoms with Crippen LogP contribution in [0.4, 0.5) is 5.69 Å². The van der Waals surface area contributed by atoms with Crippen LogP contribution < -0.4 is 4.90 Å². The lowest BCUT2D eigenvalue weighted by Gasteiger charge is -2.40. The van der Waals surface area contributed by atoms with E-state index in [9.17, 15) is 0 Å². The zero-order valence-corrected chi connectivity index (χ0v) is 11.1. The van der Waals surface area contributed by atoms with Crippen LogP contribution in [-0.2, 0) is 4.74 Å². The molecule has 0 radical (unpaired) electrons. The molecule has 1 saturated heterocycles. The van der Waals surface area contributed by atoms with E-state index < -0.39 is 0 Å². The van der Waals surface area contributed by atoms with E-state index in [-0.39, 0.29) is 0 Å². The molecule has 0 aliphatic carbocycles. The third kappa shape index (κ3) is 2.81. The summed E-state index contributed by atoms with van der Waals surface area (Å²) in [6, 6.07) is 10.6. The van der Waals surface area contributed by atoms with Crippen LogP contribution in [0.5, 0.6) is 0 Å². The van der Waals surface area contributed by atoms with E-state index in [4.69, 9.17) is 4.74 Å². The molecule has 1 aromatic carbocycles. The molecule has 1 heterocycles. The van der Waals surface area contributed by atoms with Gasteiger partial charge in [-0.15, -0.1) is 0 Å². The fourth-order valence-corrected chi connectivity index (χ4v) is 2.82. The molecule has 0 aromatic heterocycles. The lowest BCUT2D eigenvalue weighted by Crippen LogP contribution is -2.46. The fraction of sp³-hybridized carbons (Fsp3) is 0.600. The minimum Gasteiger partial charge on any atom is -0.379 e. The Kier molecular flexibility index (Phi) is 4.06. The summed E-state index contributed by atoms with van der Waals surface area (Å²) in [6.45, 7) is 6.76. The number of hydrogen-bond acceptors (Lipinski definition) is 2. The van der Waals surface area contributed by atoms with Gasteiger partial charge in [-0.1, -0.05) is 32.0 Å². The first-order valence-corrected chi connectivity index (χ1v) is 6.55. The molecule has 1 aromatic rings. The van der Waals surface area contributed by atoms with Crippen LogP contribution >= 0.6 is 0 Å². The molecular formula is C15H23NO. The zero-order chi connectivity index (χ0) is 12.3. The van der Waals surface area contributed by atoms with Gasteiger partial charge in [0, 0.05) is 25.9 Å². The van der Waals surface area contributed by atoms with E-state index in [0.29, 0.717) is 17.9 Å². The van der Waals surface area contributed by atoms with E-state index in [1.54, 1.807) is 0 Å². The second-order valence-electron chi connectivity index (χ2n) is 5.25. The summed E-state index contributed by atoms with van der Waals surface area (Å²) in [5, 5.41) is 0. The predicted molar refractivity (Wildman–Crippen MR) is 72.4 cm³/mol. The highest BCUT2D eigenvalue weighted by molar-refractivity contribution is 5.46. The van der Waals surface area contributed by atoms with Gasteiger partial charge < -0.3 is 9.64 Å². The second kappa shape index (κ2) is 5.54. The van der Waals surface area contributed by atoms with E-state index in [1.165, 1.54) is 12.1 Å². The van der Waals surface area contributed by atoms with Crippen molar-refractivity contribution >= 4 is 5.69 Å². The van der Waals surface area contributed by atoms with Gasteiger partial charge >= 0.3 is 0 Å². The average Bonchev–Trinajstić information content (AvgIpc) is 2.39. The maximum absolute atomic E-state index is 5.68. The number of para-hydroxylation sites is 1. The van der Waals surface area contributed by atoms with E-state index in [1.807, 2.05) is 7.11 Å². The van der Waals surface area contributed by atoms with Crippen molar-refractivity contribution in [2.45, 2.75) is 26.4 Å². The van der Waals surface area contributed by atoms with Crippen molar-refractivity contribution in [1.82, 2.24) is 0 Å². The van der Waals surface area contributed by atoms with E-state index in [2.05, 4.69) is 49.1 Å². The zero-order valence-electron chi connectivity index (χ0n) is 11.1. The minimum atomic E-state index is 0.365. The van der Waals surface area contributed by atoms with Gasteiger partial charge in [-0.25, -0.2) is 0 Å². The van der Waals surface area contributed by atoms with Crippen LogP contribution in [0.1, 0.15) is 20.3 Å². The normalized spacial score (nSPS) is 25.3. The van der Waals surface area contributed by atoms with Gasteiger partial charge in [0.2, 0.25) is 0 Å². The Labute approximate surface area is 105 Å². The monoisotopic (exact) mass is 233 g/mol. The molecule has 0 spiro atoms. The molecule has 2 nitrogen and oxygen atoms in total. The number of anilines is 1. The maximum atomic E-state index is 5.68. The average molecular weight is 233 g/mol. The van der Waals surface area contributed by atoms with Gasteiger partial charge in [-0.05, 0) is 30.4 Å². The van der Waals surface area contributed by atoms with Gasteiger partial charge in [-0.3, -0.25) is 0 Å². The van der Waals surface area contributed by atoms with E-state index >= 15 is 0 Å². The number of methoxy groups -OCH3 is 1. The quantitative estimate of drug-likeness (QED) is 0.795. The molecule has 2 rings (SSSR count). The number of hydrogen-bond donors (Lipinski definition) is 0. The van der Waals surface area contributed by atoms with Crippen molar-refractivity contribution in [3.8, 4) is 0 Å². The molecule has 2 heteroatoms. The van der Waals surface area contributed by atoms with Crippen LogP contribution in [0.15, 0.2) is 30.3 Å². The third-order valence-electron chi connectivity index (χ3n) is 3.89. The standard InChI is InChI=1S/C15H23NO/c1-12(2)14-9-10-16(11-15(14)17-3)13-7-5-4-6-8-13/h4-8,12,14-15H,9-11H2,1-3H3. The highest BCUT2D eigenvalue weighted by atomic mass is 16.5. The number of benzene rings is 1. The number of nitrogens with zero attached hydrogens (tertiary/aromatic N) is 1. The van der Waals surface area contributed by atoms with Crippen molar-refractivity contribution in [3.05, 3.63) is 30.3 Å². The summed E-state index contributed by atoms with van der Waals surface area (Å²) >= 11 is 0. The van der Waals surface area contributed by atoms with Gasteiger partial charge in [0.25, 0.3) is 0 Å². The molecule has 17 heavy (non-hydrogen) atoms. The van der Waals surface area contributed by atoms with Crippen molar-refractivity contribution in [3.63, 3.8) is 0 Å². The highest BCUT2D eigenvalue weighted by Crippen LogP contribution is 2.29. The summed E-state index contributed by atoms with van der Waals surface area (Å²) in [5.74, 6) is 1.40. The second-order valence-corrected chi connectivity index (χ2v) is 5.25. The van der Waals surface area contributed by atoms with Crippen LogP contribution in [0, 0.1) is 11.8 Å². The predicted octanol–water partition coefficient (Wildman–Crippen LogP) is 3.18. The summed E-state index contributed by atoms with van der Waals surface area (Å²) in [6.07, 6.45) is 1.59. The molecule has 0 bridgehead atoms. The molecule has 1 aliphatic rings. The maximum Gasteiger partial charge on any atom is 0.0777 e. The Hall–Kier alpha value is -1.02. The van der Waals surface area contributed by atoms with Crippen LogP contribution in [0.2, 0.25) is 0 Å². The van der Waals surface area contributed by atoms with E-state index in [0.717, 1.165) is 13.1 Å². The molecular weight excluding hydrogens is 210 g/mol. The Balaban J connectivity index is 2.06. The van der Waals surface area contributed by atoms with Crippen molar-refractivity contribution in [2.24, 2.45) is 11.8 Å². The van der Waals surface area contributed by atoms with Crippen molar-refractivity contribution in [2.75, 3.05) is 25.1 Å². The Bertz CT molecular complexity index is 336. The van der Waals surface area contributed by atoms with Gasteiger partial charge in [0.1, 0.15) is 0 Å². The van der Waals surface area contributed by atoms with Gasteiger partial charge in [-0.2, -0.15) is 0 Å². The first kappa shape index (κ1) is 12.4. The molecule has 2 atom stereocenters. The molecule has 94 valence electrons. The smallest absolute Gasteiger partial charge is 0.0777 e. The molecule has 0 saturated carbocycles. The minimum absolute atomic E-state index is 0.365. The SMILES string of the molecule is COC1CN(c2ccccc2)CCC1C(C)C. The summed E-state index contributed by atoms with van der Waals surface area (Å²) in [4.78, 5) is 2.44. The largest absolute Gasteiger partial charge is 0.379 e. The Morgan fingerprint density at radius 2 is 1.94 bits per heavy atom. The first-order valence-electron chi connectivity index (χ1n) is 6.55. The number of piperidine rings is 1. The summed E-state index contributed by atoms with van der Waals surface area (Å²) in [5.41, 5.74) is 1.32. The van der Waals surface area contributed by atoms with Crippen LogP contribution in [0.3, 0.4) is 0 Å². The lowest BCUT2D eigenvalue weighted by atomic mass is 9.84.